The number of methoxy groups -OCH3 is 1. The lowest BCUT2D eigenvalue weighted by molar-refractivity contribution is 0.414. The number of ether oxygens (including phenoxy) is 1. The number of rotatable bonds is 7. The molecule has 0 fully saturated rings. The van der Waals surface area contributed by atoms with E-state index >= 15 is 0 Å². The van der Waals surface area contributed by atoms with E-state index in [1.54, 1.807) is 7.11 Å². The van der Waals surface area contributed by atoms with Crippen LogP contribution < -0.4 is 10.1 Å². The molecule has 2 nitrogen and oxygen atoms in total. The zero-order valence-electron chi connectivity index (χ0n) is 9.13. The lowest BCUT2D eigenvalue weighted by Crippen LogP contribution is -2.14. The van der Waals surface area contributed by atoms with Crippen LogP contribution in [0.2, 0.25) is 0 Å². The number of unbranched alkanes of at least 4 members (excludes halogenated alkanes) is 1. The molecular weight excluding hydrogens is 210 g/mol. The fraction of sp³-hybridized carbons (Fsp3) is 0.500. The molecule has 0 spiro atoms. The van der Waals surface area contributed by atoms with Crippen LogP contribution in [-0.2, 0) is 6.54 Å². The van der Waals surface area contributed by atoms with Crippen molar-refractivity contribution in [3.63, 3.8) is 0 Å². The van der Waals surface area contributed by atoms with Gasteiger partial charge in [0.05, 0.1) is 7.11 Å². The van der Waals surface area contributed by atoms with Crippen LogP contribution in [0.15, 0.2) is 24.3 Å². The molecule has 0 atom stereocenters. The quantitative estimate of drug-likeness (QED) is 0.571. The van der Waals surface area contributed by atoms with Gasteiger partial charge in [-0.3, -0.25) is 0 Å². The average molecular weight is 228 g/mol. The van der Waals surface area contributed by atoms with Crippen LogP contribution >= 0.6 is 11.6 Å². The Morgan fingerprint density at radius 3 is 2.53 bits per heavy atom. The molecule has 1 aromatic rings. The molecule has 0 radical (unpaired) electrons. The minimum atomic E-state index is 0.754. The van der Waals surface area contributed by atoms with E-state index in [4.69, 9.17) is 16.3 Å². The molecule has 0 aliphatic carbocycles. The molecule has 15 heavy (non-hydrogen) atoms. The summed E-state index contributed by atoms with van der Waals surface area (Å²) in [5.74, 6) is 1.66. The average Bonchev–Trinajstić information content (AvgIpc) is 2.30. The predicted octanol–water partition coefficient (Wildman–Crippen LogP) is 2.80. The van der Waals surface area contributed by atoms with Crippen LogP contribution in [0.4, 0.5) is 0 Å². The van der Waals surface area contributed by atoms with Crippen LogP contribution in [0.1, 0.15) is 18.4 Å². The van der Waals surface area contributed by atoms with E-state index in [0.717, 1.165) is 37.6 Å². The molecule has 0 bridgehead atoms. The molecule has 1 N–H and O–H groups in total. The highest BCUT2D eigenvalue weighted by Gasteiger charge is 1.93. The van der Waals surface area contributed by atoms with Crippen LogP contribution in [0.25, 0.3) is 0 Å². The number of alkyl halides is 1. The predicted molar refractivity (Wildman–Crippen MR) is 64.7 cm³/mol. The normalized spacial score (nSPS) is 10.3. The lowest BCUT2D eigenvalue weighted by atomic mass is 10.2. The fourth-order valence-corrected chi connectivity index (χ4v) is 1.51. The lowest BCUT2D eigenvalue weighted by Gasteiger charge is -2.05. The SMILES string of the molecule is COc1ccc(CNCCCCCl)cc1. The maximum Gasteiger partial charge on any atom is 0.118 e. The van der Waals surface area contributed by atoms with Crippen molar-refractivity contribution in [1.29, 1.82) is 0 Å². The molecule has 84 valence electrons. The fourth-order valence-electron chi connectivity index (χ4n) is 1.32. The number of hydrogen-bond donors (Lipinski definition) is 1. The van der Waals surface area contributed by atoms with Gasteiger partial charge in [-0.05, 0) is 37.1 Å². The highest BCUT2D eigenvalue weighted by Crippen LogP contribution is 2.10. The topological polar surface area (TPSA) is 21.3 Å². The van der Waals surface area contributed by atoms with Gasteiger partial charge in [-0.15, -0.1) is 11.6 Å². The standard InChI is InChI=1S/C12H18ClNO/c1-15-12-6-4-11(5-7-12)10-14-9-3-2-8-13/h4-7,14H,2-3,8-10H2,1H3. The Labute approximate surface area is 96.6 Å². The second kappa shape index (κ2) is 7.55. The van der Waals surface area contributed by atoms with E-state index in [-0.39, 0.29) is 0 Å². The first kappa shape index (κ1) is 12.3. The van der Waals surface area contributed by atoms with E-state index in [1.165, 1.54) is 5.56 Å². The van der Waals surface area contributed by atoms with E-state index in [0.29, 0.717) is 0 Å². The molecule has 0 saturated heterocycles. The van der Waals surface area contributed by atoms with Gasteiger partial charge < -0.3 is 10.1 Å². The molecule has 1 rings (SSSR count). The second-order valence-corrected chi connectivity index (χ2v) is 3.80. The first-order valence-electron chi connectivity index (χ1n) is 5.26. The summed E-state index contributed by atoms with van der Waals surface area (Å²) in [5.41, 5.74) is 1.28. The Morgan fingerprint density at radius 1 is 1.20 bits per heavy atom. The summed E-state index contributed by atoms with van der Waals surface area (Å²) in [4.78, 5) is 0. The van der Waals surface area contributed by atoms with Crippen LogP contribution in [-0.4, -0.2) is 19.5 Å². The monoisotopic (exact) mass is 227 g/mol. The van der Waals surface area contributed by atoms with Crippen molar-refractivity contribution in [2.45, 2.75) is 19.4 Å². The van der Waals surface area contributed by atoms with Crippen molar-refractivity contribution in [1.82, 2.24) is 5.32 Å². The summed E-state index contributed by atoms with van der Waals surface area (Å²) in [7, 11) is 1.68. The molecule has 0 aliphatic heterocycles. The summed E-state index contributed by atoms with van der Waals surface area (Å²) < 4.78 is 5.09. The van der Waals surface area contributed by atoms with Crippen LogP contribution in [0, 0.1) is 0 Å². The number of halogens is 1. The maximum absolute atomic E-state index is 5.59. The van der Waals surface area contributed by atoms with Gasteiger partial charge in [0.1, 0.15) is 5.75 Å². The van der Waals surface area contributed by atoms with Gasteiger partial charge in [0.15, 0.2) is 0 Å². The molecular formula is C12H18ClNO. The molecule has 1 aromatic carbocycles. The first-order chi connectivity index (χ1) is 7.36. The van der Waals surface area contributed by atoms with Crippen molar-refractivity contribution in [2.24, 2.45) is 0 Å². The molecule has 0 amide bonds. The second-order valence-electron chi connectivity index (χ2n) is 3.42. The van der Waals surface area contributed by atoms with Gasteiger partial charge in [0, 0.05) is 12.4 Å². The third kappa shape index (κ3) is 5.05. The molecule has 0 unspecified atom stereocenters. The van der Waals surface area contributed by atoms with Crippen molar-refractivity contribution in [2.75, 3.05) is 19.5 Å². The zero-order chi connectivity index (χ0) is 10.9. The van der Waals surface area contributed by atoms with Crippen LogP contribution in [0.5, 0.6) is 5.75 Å². The van der Waals surface area contributed by atoms with Gasteiger partial charge in [-0.1, -0.05) is 12.1 Å². The smallest absolute Gasteiger partial charge is 0.118 e. The van der Waals surface area contributed by atoms with Gasteiger partial charge in [-0.25, -0.2) is 0 Å². The molecule has 0 saturated carbocycles. The van der Waals surface area contributed by atoms with Gasteiger partial charge in [0.25, 0.3) is 0 Å². The van der Waals surface area contributed by atoms with E-state index in [9.17, 15) is 0 Å². The Hall–Kier alpha value is -0.730. The summed E-state index contributed by atoms with van der Waals surface area (Å²) in [6.07, 6.45) is 2.22. The molecule has 0 aliphatic rings. The summed E-state index contributed by atoms with van der Waals surface area (Å²) >= 11 is 5.59. The summed E-state index contributed by atoms with van der Waals surface area (Å²) in [6.45, 7) is 1.94. The van der Waals surface area contributed by atoms with Crippen molar-refractivity contribution in [3.8, 4) is 5.75 Å². The van der Waals surface area contributed by atoms with Crippen molar-refractivity contribution >= 4 is 11.6 Å². The van der Waals surface area contributed by atoms with E-state index in [2.05, 4.69) is 17.4 Å². The van der Waals surface area contributed by atoms with Gasteiger partial charge >= 0.3 is 0 Å². The molecule has 0 aromatic heterocycles. The number of benzene rings is 1. The Balaban J connectivity index is 2.20. The third-order valence-corrected chi connectivity index (χ3v) is 2.49. The summed E-state index contributed by atoms with van der Waals surface area (Å²) in [6, 6.07) is 8.12. The van der Waals surface area contributed by atoms with Gasteiger partial charge in [-0.2, -0.15) is 0 Å². The Bertz CT molecular complexity index is 261. The zero-order valence-corrected chi connectivity index (χ0v) is 9.89. The minimum Gasteiger partial charge on any atom is -0.497 e. The number of nitrogens with one attached hydrogen (secondary N) is 1. The molecule has 3 heteroatoms. The Kier molecular flexibility index (Phi) is 6.21. The van der Waals surface area contributed by atoms with E-state index in [1.807, 2.05) is 12.1 Å². The van der Waals surface area contributed by atoms with Crippen LogP contribution in [0.3, 0.4) is 0 Å². The van der Waals surface area contributed by atoms with Crippen molar-refractivity contribution < 1.29 is 4.74 Å². The molecule has 0 heterocycles. The first-order valence-corrected chi connectivity index (χ1v) is 5.80. The highest BCUT2D eigenvalue weighted by atomic mass is 35.5. The van der Waals surface area contributed by atoms with E-state index < -0.39 is 0 Å². The number of hydrogen-bond acceptors (Lipinski definition) is 2. The summed E-state index contributed by atoms with van der Waals surface area (Å²) in [5, 5.41) is 3.37. The minimum absolute atomic E-state index is 0.754. The van der Waals surface area contributed by atoms with Crippen molar-refractivity contribution in [3.05, 3.63) is 29.8 Å². The van der Waals surface area contributed by atoms with Gasteiger partial charge in [0.2, 0.25) is 0 Å². The third-order valence-electron chi connectivity index (χ3n) is 2.23. The largest absolute Gasteiger partial charge is 0.497 e. The Morgan fingerprint density at radius 2 is 1.93 bits per heavy atom. The highest BCUT2D eigenvalue weighted by molar-refractivity contribution is 6.17. The maximum atomic E-state index is 5.59.